The van der Waals surface area contributed by atoms with Gasteiger partial charge in [0, 0.05) is 15.6 Å². The number of pyridine rings is 1. The average Bonchev–Trinajstić information content (AvgIpc) is 2.59. The van der Waals surface area contributed by atoms with Crippen molar-refractivity contribution in [1.29, 1.82) is 10.5 Å². The zero-order chi connectivity index (χ0) is 19.0. The molecule has 1 aliphatic rings. The first kappa shape index (κ1) is 18.1. The minimum absolute atomic E-state index is 0.0341. The molecule has 2 heterocycles. The molecule has 0 spiro atoms. The summed E-state index contributed by atoms with van der Waals surface area (Å²) in [5.74, 6) is 0.371. The highest BCUT2D eigenvalue weighted by Crippen LogP contribution is 2.45. The van der Waals surface area contributed by atoms with Crippen LogP contribution in [0, 0.1) is 22.8 Å². The van der Waals surface area contributed by atoms with E-state index in [9.17, 15) is 5.26 Å². The van der Waals surface area contributed by atoms with Crippen LogP contribution in [0.1, 0.15) is 22.7 Å². The number of hydrogen-bond donors (Lipinski definition) is 4. The van der Waals surface area contributed by atoms with Crippen LogP contribution in [0.3, 0.4) is 0 Å². The molecule has 1 aromatic carbocycles. The Balaban J connectivity index is 2.31. The highest BCUT2D eigenvalue weighted by atomic mass is 79.9. The largest absolute Gasteiger partial charge is 0.397 e. The van der Waals surface area contributed by atoms with Gasteiger partial charge in [0.1, 0.15) is 29.3 Å². The quantitative estimate of drug-likeness (QED) is 0.295. The molecule has 8 nitrogen and oxygen atoms in total. The van der Waals surface area contributed by atoms with Crippen LogP contribution < -0.4 is 22.1 Å². The molecular formula is C15H9BrCl2N8. The fourth-order valence-corrected chi connectivity index (χ4v) is 3.44. The Morgan fingerprint density at radius 3 is 2.62 bits per heavy atom. The SMILES string of the molecule is N#CNC1=NC(c2ccc(Br)c(Cl)c2Cl)c2c(nc(N)c(C#N)c2N)N1. The third kappa shape index (κ3) is 2.86. The van der Waals surface area contributed by atoms with E-state index in [-0.39, 0.29) is 33.9 Å². The third-order valence-corrected chi connectivity index (χ3v) is 5.50. The van der Waals surface area contributed by atoms with Crippen molar-refractivity contribution in [3.63, 3.8) is 0 Å². The first-order valence-electron chi connectivity index (χ1n) is 7.01. The Labute approximate surface area is 166 Å². The van der Waals surface area contributed by atoms with Crippen LogP contribution in [0.15, 0.2) is 21.6 Å². The fourth-order valence-electron chi connectivity index (χ4n) is 2.56. The summed E-state index contributed by atoms with van der Waals surface area (Å²) in [6, 6.07) is 4.61. The summed E-state index contributed by atoms with van der Waals surface area (Å²) in [4.78, 5) is 8.60. The van der Waals surface area contributed by atoms with Crippen molar-refractivity contribution in [2.45, 2.75) is 6.04 Å². The van der Waals surface area contributed by atoms with Crippen LogP contribution in [0.25, 0.3) is 0 Å². The summed E-state index contributed by atoms with van der Waals surface area (Å²) >= 11 is 15.9. The lowest BCUT2D eigenvalue weighted by molar-refractivity contribution is 0.846. The van der Waals surface area contributed by atoms with Crippen LogP contribution in [0.2, 0.25) is 10.0 Å². The van der Waals surface area contributed by atoms with E-state index >= 15 is 0 Å². The number of nitriles is 2. The molecule has 2 aromatic rings. The predicted molar refractivity (Wildman–Crippen MR) is 104 cm³/mol. The van der Waals surface area contributed by atoms with Crippen molar-refractivity contribution in [2.75, 3.05) is 16.8 Å². The molecule has 1 aromatic heterocycles. The van der Waals surface area contributed by atoms with E-state index < -0.39 is 6.04 Å². The summed E-state index contributed by atoms with van der Waals surface area (Å²) in [7, 11) is 0. The summed E-state index contributed by atoms with van der Waals surface area (Å²) in [6.07, 6.45) is 1.77. The number of aliphatic imine (C=N–C) groups is 1. The second-order valence-corrected chi connectivity index (χ2v) is 6.78. The molecule has 6 N–H and O–H groups in total. The van der Waals surface area contributed by atoms with Gasteiger partial charge in [-0.3, -0.25) is 5.32 Å². The predicted octanol–water partition coefficient (Wildman–Crippen LogP) is 3.13. The molecule has 1 aliphatic heterocycles. The van der Waals surface area contributed by atoms with Gasteiger partial charge in [0.25, 0.3) is 0 Å². The van der Waals surface area contributed by atoms with E-state index in [4.69, 9.17) is 39.9 Å². The Morgan fingerprint density at radius 1 is 1.23 bits per heavy atom. The zero-order valence-corrected chi connectivity index (χ0v) is 15.9. The number of nitrogens with two attached hydrogens (primary N) is 2. The maximum absolute atomic E-state index is 9.31. The van der Waals surface area contributed by atoms with Crippen LogP contribution in [0.4, 0.5) is 17.3 Å². The normalized spacial score (nSPS) is 15.1. The van der Waals surface area contributed by atoms with Crippen molar-refractivity contribution < 1.29 is 0 Å². The van der Waals surface area contributed by atoms with Gasteiger partial charge in [-0.25, -0.2) is 9.98 Å². The van der Waals surface area contributed by atoms with Gasteiger partial charge in [0.05, 0.1) is 15.7 Å². The maximum atomic E-state index is 9.31. The standard InChI is InChI=1S/C15H9BrCl2N8/c16-7-2-1-5(9(17)10(7)18)12-8-11(21)6(3-19)13(22)25-14(8)26-15(24-12)23-4-20/h1-2,12H,(H6,21,22,23,24,25,26). The summed E-state index contributed by atoms with van der Waals surface area (Å²) in [6.45, 7) is 0. The molecule has 0 aliphatic carbocycles. The second kappa shape index (κ2) is 6.89. The second-order valence-electron chi connectivity index (χ2n) is 5.17. The topological polar surface area (TPSA) is 149 Å². The molecular weight excluding hydrogens is 443 g/mol. The van der Waals surface area contributed by atoms with Gasteiger partial charge in [-0.1, -0.05) is 29.3 Å². The highest BCUT2D eigenvalue weighted by molar-refractivity contribution is 9.10. The number of fused-ring (bicyclic) bond motifs is 1. The molecule has 1 atom stereocenters. The molecule has 26 heavy (non-hydrogen) atoms. The number of anilines is 3. The van der Waals surface area contributed by atoms with E-state index in [1.807, 2.05) is 6.07 Å². The van der Waals surface area contributed by atoms with Crippen LogP contribution >= 0.6 is 39.1 Å². The van der Waals surface area contributed by atoms with E-state index in [1.165, 1.54) is 0 Å². The van der Waals surface area contributed by atoms with Crippen LogP contribution in [0.5, 0.6) is 0 Å². The van der Waals surface area contributed by atoms with Gasteiger partial charge in [-0.2, -0.15) is 10.5 Å². The van der Waals surface area contributed by atoms with Crippen LogP contribution in [-0.4, -0.2) is 10.9 Å². The molecule has 0 amide bonds. The number of halogens is 3. The highest BCUT2D eigenvalue weighted by Gasteiger charge is 2.31. The average molecular weight is 452 g/mol. The zero-order valence-electron chi connectivity index (χ0n) is 12.8. The number of aromatic nitrogens is 1. The number of rotatable bonds is 1. The molecule has 1 unspecified atom stereocenters. The number of nitrogen functional groups attached to an aromatic ring is 2. The molecule has 3 rings (SSSR count). The number of nitrogens with one attached hydrogen (secondary N) is 2. The molecule has 0 fully saturated rings. The van der Waals surface area contributed by atoms with Crippen LogP contribution in [-0.2, 0) is 0 Å². The number of nitrogens with zero attached hydrogens (tertiary/aromatic N) is 4. The summed E-state index contributed by atoms with van der Waals surface area (Å²) < 4.78 is 0.613. The molecule has 11 heteroatoms. The number of benzene rings is 1. The summed E-state index contributed by atoms with van der Waals surface area (Å²) in [5, 5.41) is 24.0. The van der Waals surface area contributed by atoms with Crippen molar-refractivity contribution in [1.82, 2.24) is 10.3 Å². The van der Waals surface area contributed by atoms with Gasteiger partial charge in [0.15, 0.2) is 6.19 Å². The Hall–Kier alpha value is -2.72. The number of hydrogen-bond acceptors (Lipinski definition) is 8. The fraction of sp³-hybridized carbons (Fsp3) is 0.0667. The maximum Gasteiger partial charge on any atom is 0.211 e. The van der Waals surface area contributed by atoms with E-state index in [0.29, 0.717) is 20.6 Å². The first-order valence-corrected chi connectivity index (χ1v) is 8.56. The van der Waals surface area contributed by atoms with Gasteiger partial charge in [-0.15, -0.1) is 0 Å². The van der Waals surface area contributed by atoms with Crippen molar-refractivity contribution in [2.24, 2.45) is 4.99 Å². The Morgan fingerprint density at radius 2 is 1.96 bits per heavy atom. The smallest absolute Gasteiger partial charge is 0.211 e. The van der Waals surface area contributed by atoms with Gasteiger partial charge in [0.2, 0.25) is 5.96 Å². The molecule has 0 saturated heterocycles. The Kier molecular flexibility index (Phi) is 4.79. The van der Waals surface area contributed by atoms with Crippen molar-refractivity contribution >= 4 is 62.4 Å². The van der Waals surface area contributed by atoms with E-state index in [1.54, 1.807) is 18.3 Å². The van der Waals surface area contributed by atoms with Gasteiger partial charge < -0.3 is 16.8 Å². The molecule has 0 bridgehead atoms. The van der Waals surface area contributed by atoms with Crippen molar-refractivity contribution in [3.05, 3.63) is 43.3 Å². The third-order valence-electron chi connectivity index (χ3n) is 3.72. The minimum Gasteiger partial charge on any atom is -0.397 e. The van der Waals surface area contributed by atoms with Gasteiger partial charge in [-0.05, 0) is 22.0 Å². The molecule has 130 valence electrons. The lowest BCUT2D eigenvalue weighted by Gasteiger charge is -2.27. The lowest BCUT2D eigenvalue weighted by Crippen LogP contribution is -2.32. The minimum atomic E-state index is -0.750. The van der Waals surface area contributed by atoms with E-state index in [0.717, 1.165) is 0 Å². The van der Waals surface area contributed by atoms with Gasteiger partial charge >= 0.3 is 0 Å². The van der Waals surface area contributed by atoms with E-state index in [2.05, 4.69) is 36.5 Å². The monoisotopic (exact) mass is 450 g/mol. The van der Waals surface area contributed by atoms with Crippen molar-refractivity contribution in [3.8, 4) is 12.3 Å². The lowest BCUT2D eigenvalue weighted by atomic mass is 9.95. The number of guanidine groups is 1. The molecule has 0 radical (unpaired) electrons. The summed E-state index contributed by atoms with van der Waals surface area (Å²) in [5.41, 5.74) is 13.1. The first-order chi connectivity index (χ1) is 12.4. The Bertz CT molecular complexity index is 1040. The molecule has 0 saturated carbocycles.